The van der Waals surface area contributed by atoms with E-state index in [4.69, 9.17) is 0 Å². The average Bonchev–Trinajstić information content (AvgIpc) is 3.24. The average molecular weight is 313 g/mol. The van der Waals surface area contributed by atoms with Crippen LogP contribution in [0.15, 0.2) is 36.5 Å². The number of ketones is 1. The second kappa shape index (κ2) is 6.62. The summed E-state index contributed by atoms with van der Waals surface area (Å²) in [5.74, 6) is 0.212. The molecule has 0 saturated heterocycles. The molecule has 1 aliphatic carbocycles. The van der Waals surface area contributed by atoms with Crippen molar-refractivity contribution >= 4 is 5.78 Å². The highest BCUT2D eigenvalue weighted by Gasteiger charge is 2.50. The van der Waals surface area contributed by atoms with Gasteiger partial charge in [0.15, 0.2) is 5.78 Å². The fourth-order valence-corrected chi connectivity index (χ4v) is 3.02. The molecule has 1 fully saturated rings. The first kappa shape index (κ1) is 15.9. The molecule has 0 bridgehead atoms. The quantitative estimate of drug-likeness (QED) is 0.812. The van der Waals surface area contributed by atoms with E-state index in [1.54, 1.807) is 11.6 Å². The summed E-state index contributed by atoms with van der Waals surface area (Å²) in [5.41, 5.74) is 1.69. The minimum Gasteiger partial charge on any atom is -0.393 e. The molecular weight excluding hydrogens is 290 g/mol. The van der Waals surface area contributed by atoms with Gasteiger partial charge in [0.25, 0.3) is 0 Å². The maximum absolute atomic E-state index is 12.7. The van der Waals surface area contributed by atoms with Crippen molar-refractivity contribution in [2.75, 3.05) is 0 Å². The molecule has 1 aromatic heterocycles. The van der Waals surface area contributed by atoms with Crippen LogP contribution in [0.3, 0.4) is 0 Å². The molecule has 1 N–H and O–H groups in total. The van der Waals surface area contributed by atoms with Crippen LogP contribution in [0.2, 0.25) is 0 Å². The number of hydrogen-bond donors (Lipinski definition) is 1. The minimum absolute atomic E-state index is 0.212. The SMILES string of the molecule is C[C@H](O)CCCc1cn(CC(=O)C2(c3ccccc3)CC2)nn1. The predicted octanol–water partition coefficient (Wildman–Crippen LogP) is 2.28. The van der Waals surface area contributed by atoms with Gasteiger partial charge >= 0.3 is 0 Å². The summed E-state index contributed by atoms with van der Waals surface area (Å²) >= 11 is 0. The summed E-state index contributed by atoms with van der Waals surface area (Å²) in [5, 5.41) is 17.5. The molecule has 0 aliphatic heterocycles. The lowest BCUT2D eigenvalue weighted by molar-refractivity contribution is -0.122. The Morgan fingerprint density at radius 1 is 1.35 bits per heavy atom. The summed E-state index contributed by atoms with van der Waals surface area (Å²) in [6, 6.07) is 10.0. The van der Waals surface area contributed by atoms with Crippen molar-refractivity contribution in [3.63, 3.8) is 0 Å². The van der Waals surface area contributed by atoms with E-state index >= 15 is 0 Å². The van der Waals surface area contributed by atoms with Crippen LogP contribution in [0.25, 0.3) is 0 Å². The molecule has 1 saturated carbocycles. The Morgan fingerprint density at radius 2 is 2.09 bits per heavy atom. The second-order valence-electron chi connectivity index (χ2n) is 6.52. The first-order valence-corrected chi connectivity index (χ1v) is 8.26. The van der Waals surface area contributed by atoms with E-state index in [1.165, 1.54) is 0 Å². The third-order valence-corrected chi connectivity index (χ3v) is 4.56. The Balaban J connectivity index is 1.60. The van der Waals surface area contributed by atoms with Crippen LogP contribution in [-0.4, -0.2) is 32.0 Å². The Morgan fingerprint density at radius 3 is 2.74 bits per heavy atom. The van der Waals surface area contributed by atoms with Crippen molar-refractivity contribution < 1.29 is 9.90 Å². The summed E-state index contributed by atoms with van der Waals surface area (Å²) in [4.78, 5) is 12.7. The van der Waals surface area contributed by atoms with Gasteiger partial charge in [-0.2, -0.15) is 0 Å². The lowest BCUT2D eigenvalue weighted by Gasteiger charge is -2.14. The molecule has 5 nitrogen and oxygen atoms in total. The molecule has 0 radical (unpaired) electrons. The van der Waals surface area contributed by atoms with Crippen LogP contribution < -0.4 is 0 Å². The number of Topliss-reactive ketones (excluding diaryl/α,β-unsaturated/α-hetero) is 1. The topological polar surface area (TPSA) is 68.0 Å². The monoisotopic (exact) mass is 313 g/mol. The minimum atomic E-state index is -0.306. The highest BCUT2D eigenvalue weighted by molar-refractivity contribution is 5.92. The zero-order chi connectivity index (χ0) is 16.3. The van der Waals surface area contributed by atoms with E-state index in [-0.39, 0.29) is 23.8 Å². The lowest BCUT2D eigenvalue weighted by Crippen LogP contribution is -2.25. The lowest BCUT2D eigenvalue weighted by atomic mass is 9.91. The van der Waals surface area contributed by atoms with E-state index in [0.29, 0.717) is 0 Å². The number of aromatic nitrogens is 3. The zero-order valence-electron chi connectivity index (χ0n) is 13.5. The van der Waals surface area contributed by atoms with E-state index in [9.17, 15) is 9.90 Å². The van der Waals surface area contributed by atoms with Gasteiger partial charge in [-0.1, -0.05) is 35.5 Å². The number of aliphatic hydroxyl groups excluding tert-OH is 1. The van der Waals surface area contributed by atoms with Gasteiger partial charge < -0.3 is 5.11 Å². The van der Waals surface area contributed by atoms with E-state index in [1.807, 2.05) is 36.5 Å². The van der Waals surface area contributed by atoms with Crippen molar-refractivity contribution in [2.45, 2.75) is 57.1 Å². The number of hydrogen-bond acceptors (Lipinski definition) is 4. The molecule has 23 heavy (non-hydrogen) atoms. The highest BCUT2D eigenvalue weighted by atomic mass is 16.3. The summed E-state index contributed by atoms with van der Waals surface area (Å²) in [6.07, 6.45) is 5.81. The highest BCUT2D eigenvalue weighted by Crippen LogP contribution is 2.49. The third-order valence-electron chi connectivity index (χ3n) is 4.56. The summed E-state index contributed by atoms with van der Waals surface area (Å²) in [7, 11) is 0. The van der Waals surface area contributed by atoms with Crippen LogP contribution in [0.1, 0.15) is 43.9 Å². The number of carbonyl (C=O) groups excluding carboxylic acids is 1. The van der Waals surface area contributed by atoms with Crippen molar-refractivity contribution in [2.24, 2.45) is 0 Å². The summed E-state index contributed by atoms with van der Waals surface area (Å²) < 4.78 is 1.64. The fraction of sp³-hybridized carbons (Fsp3) is 0.500. The smallest absolute Gasteiger partial charge is 0.164 e. The summed E-state index contributed by atoms with van der Waals surface area (Å²) in [6.45, 7) is 2.06. The molecule has 0 amide bonds. The maximum Gasteiger partial charge on any atom is 0.164 e. The van der Waals surface area contributed by atoms with Crippen LogP contribution >= 0.6 is 0 Å². The molecule has 0 unspecified atom stereocenters. The number of nitrogens with zero attached hydrogens (tertiary/aromatic N) is 3. The third kappa shape index (κ3) is 3.67. The molecule has 1 aromatic carbocycles. The number of benzene rings is 1. The first-order chi connectivity index (χ1) is 11.1. The van der Waals surface area contributed by atoms with Crippen LogP contribution in [-0.2, 0) is 23.2 Å². The molecule has 2 aromatic rings. The zero-order valence-corrected chi connectivity index (χ0v) is 13.5. The Labute approximate surface area is 136 Å². The maximum atomic E-state index is 12.7. The second-order valence-corrected chi connectivity index (χ2v) is 6.52. The standard InChI is InChI=1S/C18H23N3O2/c1-14(22)6-5-9-16-12-21(20-19-16)13-17(23)18(10-11-18)15-7-3-2-4-8-15/h2-4,7-8,12,14,22H,5-6,9-11,13H2,1H3/t14-/m0/s1. The number of aryl methyl sites for hydroxylation is 1. The molecule has 3 rings (SSSR count). The van der Waals surface area contributed by atoms with E-state index < -0.39 is 0 Å². The van der Waals surface area contributed by atoms with Crippen molar-refractivity contribution in [1.29, 1.82) is 0 Å². The molecular formula is C18H23N3O2. The predicted molar refractivity (Wildman–Crippen MR) is 87.0 cm³/mol. The van der Waals surface area contributed by atoms with Crippen molar-refractivity contribution in [1.82, 2.24) is 15.0 Å². The fourth-order valence-electron chi connectivity index (χ4n) is 3.02. The largest absolute Gasteiger partial charge is 0.393 e. The van der Waals surface area contributed by atoms with E-state index in [2.05, 4.69) is 10.3 Å². The van der Waals surface area contributed by atoms with Gasteiger partial charge in [0, 0.05) is 6.20 Å². The van der Waals surface area contributed by atoms with Gasteiger partial charge in [-0.25, -0.2) is 4.68 Å². The number of aliphatic hydroxyl groups is 1. The van der Waals surface area contributed by atoms with Gasteiger partial charge in [-0.3, -0.25) is 4.79 Å². The normalized spacial score (nSPS) is 17.0. The number of carbonyl (C=O) groups is 1. The van der Waals surface area contributed by atoms with Crippen molar-refractivity contribution in [3.05, 3.63) is 47.8 Å². The molecule has 0 spiro atoms. The van der Waals surface area contributed by atoms with Gasteiger partial charge in [-0.15, -0.1) is 5.10 Å². The molecule has 5 heteroatoms. The van der Waals surface area contributed by atoms with Gasteiger partial charge in [-0.05, 0) is 44.6 Å². The van der Waals surface area contributed by atoms with Gasteiger partial charge in [0.1, 0.15) is 6.54 Å². The van der Waals surface area contributed by atoms with Crippen LogP contribution in [0.5, 0.6) is 0 Å². The van der Waals surface area contributed by atoms with Gasteiger partial charge in [0.05, 0.1) is 17.2 Å². The van der Waals surface area contributed by atoms with Gasteiger partial charge in [0.2, 0.25) is 0 Å². The van der Waals surface area contributed by atoms with Crippen LogP contribution in [0, 0.1) is 0 Å². The molecule has 1 atom stereocenters. The number of rotatable bonds is 8. The first-order valence-electron chi connectivity index (χ1n) is 8.26. The Kier molecular flexibility index (Phi) is 4.57. The van der Waals surface area contributed by atoms with Crippen molar-refractivity contribution in [3.8, 4) is 0 Å². The Hall–Kier alpha value is -2.01. The molecule has 1 heterocycles. The van der Waals surface area contributed by atoms with Crippen LogP contribution in [0.4, 0.5) is 0 Å². The Bertz CT molecular complexity index is 660. The molecule has 1 aliphatic rings. The van der Waals surface area contributed by atoms with E-state index in [0.717, 1.165) is 43.4 Å². The molecule has 122 valence electrons.